The van der Waals surface area contributed by atoms with Crippen molar-refractivity contribution in [2.24, 2.45) is 5.73 Å². The number of hydrogen-bond acceptors (Lipinski definition) is 2. The Kier molecular flexibility index (Phi) is 4.40. The first-order valence-corrected chi connectivity index (χ1v) is 7.69. The van der Waals surface area contributed by atoms with Crippen LogP contribution in [0, 0.1) is 0 Å². The molecule has 0 aliphatic carbocycles. The molecule has 2 nitrogen and oxygen atoms in total. The monoisotopic (exact) mass is 291 g/mol. The number of fused-ring (bicyclic) bond motifs is 1. The fraction of sp³-hybridized carbons (Fsp3) is 0.200. The Morgan fingerprint density at radius 3 is 2.32 bits per heavy atom. The molecule has 2 heteroatoms. The number of rotatable bonds is 5. The molecule has 0 fully saturated rings. The van der Waals surface area contributed by atoms with E-state index in [9.17, 15) is 0 Å². The van der Waals surface area contributed by atoms with Crippen LogP contribution in [0.4, 0.5) is 0 Å². The third-order valence-corrected chi connectivity index (χ3v) is 3.78. The summed E-state index contributed by atoms with van der Waals surface area (Å²) in [4.78, 5) is 0. The first-order chi connectivity index (χ1) is 10.7. The van der Waals surface area contributed by atoms with Crippen molar-refractivity contribution in [2.75, 3.05) is 0 Å². The predicted molar refractivity (Wildman–Crippen MR) is 92.0 cm³/mol. The van der Waals surface area contributed by atoms with Crippen molar-refractivity contribution in [1.82, 2.24) is 0 Å². The molecular formula is C20H21NO. The number of nitrogens with two attached hydrogens (primary N) is 1. The summed E-state index contributed by atoms with van der Waals surface area (Å²) < 4.78 is 6.34. The van der Waals surface area contributed by atoms with Crippen LogP contribution in [-0.2, 0) is 0 Å². The molecule has 3 rings (SSSR count). The molecule has 3 aromatic rings. The van der Waals surface area contributed by atoms with E-state index in [1.54, 1.807) is 0 Å². The molecule has 0 spiro atoms. The summed E-state index contributed by atoms with van der Waals surface area (Å²) >= 11 is 0. The Hall–Kier alpha value is -2.32. The Labute approximate surface area is 131 Å². The van der Waals surface area contributed by atoms with Crippen LogP contribution in [0.5, 0.6) is 5.75 Å². The van der Waals surface area contributed by atoms with E-state index in [-0.39, 0.29) is 12.1 Å². The Morgan fingerprint density at radius 2 is 1.55 bits per heavy atom. The zero-order valence-electron chi connectivity index (χ0n) is 12.8. The average Bonchev–Trinajstić information content (AvgIpc) is 2.55. The van der Waals surface area contributed by atoms with Gasteiger partial charge in [-0.1, -0.05) is 66.7 Å². The molecule has 2 unspecified atom stereocenters. The van der Waals surface area contributed by atoms with E-state index in [4.69, 9.17) is 10.5 Å². The van der Waals surface area contributed by atoms with Crippen molar-refractivity contribution >= 4 is 10.8 Å². The smallest absolute Gasteiger partial charge is 0.128 e. The lowest BCUT2D eigenvalue weighted by molar-refractivity contribution is 0.189. The van der Waals surface area contributed by atoms with Crippen LogP contribution in [0.2, 0.25) is 0 Å². The van der Waals surface area contributed by atoms with Crippen LogP contribution in [0.1, 0.15) is 25.0 Å². The molecule has 0 bridgehead atoms. The van der Waals surface area contributed by atoms with Gasteiger partial charge in [0.2, 0.25) is 0 Å². The standard InChI is InChI=1S/C20H21NO/c1-15(21)14-20(17-9-3-2-4-10-17)22-19-13-7-11-16-8-5-6-12-18(16)19/h2-13,15,20H,14,21H2,1H3. The van der Waals surface area contributed by atoms with E-state index in [0.29, 0.717) is 0 Å². The fourth-order valence-corrected chi connectivity index (χ4v) is 2.71. The number of benzene rings is 3. The van der Waals surface area contributed by atoms with Gasteiger partial charge in [0.05, 0.1) is 0 Å². The minimum Gasteiger partial charge on any atom is -0.485 e. The summed E-state index contributed by atoms with van der Waals surface area (Å²) in [6.07, 6.45) is 0.750. The van der Waals surface area contributed by atoms with E-state index in [2.05, 4.69) is 30.3 Å². The van der Waals surface area contributed by atoms with Crippen LogP contribution in [-0.4, -0.2) is 6.04 Å². The highest BCUT2D eigenvalue weighted by Gasteiger charge is 2.16. The van der Waals surface area contributed by atoms with E-state index in [1.807, 2.05) is 49.4 Å². The van der Waals surface area contributed by atoms with Crippen LogP contribution in [0.3, 0.4) is 0 Å². The van der Waals surface area contributed by atoms with Gasteiger partial charge in [-0.2, -0.15) is 0 Å². The van der Waals surface area contributed by atoms with Crippen molar-refractivity contribution in [1.29, 1.82) is 0 Å². The summed E-state index contributed by atoms with van der Waals surface area (Å²) in [5.41, 5.74) is 7.18. The minimum atomic E-state index is -0.0352. The minimum absolute atomic E-state index is 0.0352. The zero-order valence-corrected chi connectivity index (χ0v) is 12.8. The first-order valence-electron chi connectivity index (χ1n) is 7.69. The summed E-state index contributed by atoms with van der Waals surface area (Å²) in [6, 6.07) is 24.8. The van der Waals surface area contributed by atoms with Crippen LogP contribution in [0.25, 0.3) is 10.8 Å². The highest BCUT2D eigenvalue weighted by molar-refractivity contribution is 5.88. The summed E-state index contributed by atoms with van der Waals surface area (Å²) in [7, 11) is 0. The lowest BCUT2D eigenvalue weighted by Crippen LogP contribution is -2.21. The Morgan fingerprint density at radius 1 is 0.864 bits per heavy atom. The first kappa shape index (κ1) is 14.6. The largest absolute Gasteiger partial charge is 0.485 e. The van der Waals surface area contributed by atoms with Gasteiger partial charge in [0.25, 0.3) is 0 Å². The fourth-order valence-electron chi connectivity index (χ4n) is 2.71. The van der Waals surface area contributed by atoms with Gasteiger partial charge in [-0.25, -0.2) is 0 Å². The van der Waals surface area contributed by atoms with Crippen LogP contribution < -0.4 is 10.5 Å². The maximum Gasteiger partial charge on any atom is 0.128 e. The van der Waals surface area contributed by atoms with E-state index < -0.39 is 0 Å². The van der Waals surface area contributed by atoms with Crippen molar-refractivity contribution in [3.63, 3.8) is 0 Å². The molecule has 2 N–H and O–H groups in total. The van der Waals surface area contributed by atoms with Gasteiger partial charge in [-0.3, -0.25) is 0 Å². The van der Waals surface area contributed by atoms with E-state index >= 15 is 0 Å². The molecule has 0 aliphatic heterocycles. The molecule has 3 aromatic carbocycles. The van der Waals surface area contributed by atoms with Gasteiger partial charge in [0.1, 0.15) is 11.9 Å². The number of ether oxygens (including phenoxy) is 1. The maximum atomic E-state index is 6.34. The molecule has 0 heterocycles. The molecule has 0 radical (unpaired) electrons. The van der Waals surface area contributed by atoms with Crippen molar-refractivity contribution in [3.05, 3.63) is 78.4 Å². The second-order valence-corrected chi connectivity index (χ2v) is 5.71. The van der Waals surface area contributed by atoms with Gasteiger partial charge in [0, 0.05) is 17.8 Å². The third kappa shape index (κ3) is 3.29. The van der Waals surface area contributed by atoms with E-state index in [0.717, 1.165) is 23.1 Å². The lowest BCUT2D eigenvalue weighted by atomic mass is 10.0. The second-order valence-electron chi connectivity index (χ2n) is 5.71. The normalized spacial score (nSPS) is 13.7. The maximum absolute atomic E-state index is 6.34. The Bertz CT molecular complexity index is 732. The van der Waals surface area contributed by atoms with Crippen LogP contribution >= 0.6 is 0 Å². The highest BCUT2D eigenvalue weighted by atomic mass is 16.5. The van der Waals surface area contributed by atoms with Crippen molar-refractivity contribution in [2.45, 2.75) is 25.5 Å². The second kappa shape index (κ2) is 6.63. The van der Waals surface area contributed by atoms with Crippen molar-refractivity contribution < 1.29 is 4.74 Å². The van der Waals surface area contributed by atoms with Gasteiger partial charge >= 0.3 is 0 Å². The SMILES string of the molecule is CC(N)CC(Oc1cccc2ccccc12)c1ccccc1. The quantitative estimate of drug-likeness (QED) is 0.739. The molecule has 2 atom stereocenters. The zero-order chi connectivity index (χ0) is 15.4. The topological polar surface area (TPSA) is 35.2 Å². The third-order valence-electron chi connectivity index (χ3n) is 3.78. The van der Waals surface area contributed by atoms with E-state index in [1.165, 1.54) is 5.39 Å². The summed E-state index contributed by atoms with van der Waals surface area (Å²) in [5.74, 6) is 0.910. The Balaban J connectivity index is 1.95. The average molecular weight is 291 g/mol. The molecule has 112 valence electrons. The van der Waals surface area contributed by atoms with Crippen LogP contribution in [0.15, 0.2) is 72.8 Å². The molecule has 22 heavy (non-hydrogen) atoms. The summed E-state index contributed by atoms with van der Waals surface area (Å²) in [6.45, 7) is 2.02. The molecule has 0 amide bonds. The summed E-state index contributed by atoms with van der Waals surface area (Å²) in [5, 5.41) is 2.32. The molecular weight excluding hydrogens is 270 g/mol. The van der Waals surface area contributed by atoms with Gasteiger partial charge in [-0.15, -0.1) is 0 Å². The van der Waals surface area contributed by atoms with Gasteiger partial charge < -0.3 is 10.5 Å². The lowest BCUT2D eigenvalue weighted by Gasteiger charge is -2.22. The predicted octanol–water partition coefficient (Wildman–Crippen LogP) is 4.70. The molecule has 0 aliphatic rings. The molecule has 0 aromatic heterocycles. The number of hydrogen-bond donors (Lipinski definition) is 1. The molecule has 0 saturated carbocycles. The molecule has 0 saturated heterocycles. The van der Waals surface area contributed by atoms with Gasteiger partial charge in [-0.05, 0) is 23.9 Å². The highest BCUT2D eigenvalue weighted by Crippen LogP contribution is 2.31. The van der Waals surface area contributed by atoms with Gasteiger partial charge in [0.15, 0.2) is 0 Å². The van der Waals surface area contributed by atoms with Crippen molar-refractivity contribution in [3.8, 4) is 5.75 Å².